The molecular formula is C20H29FO4. The predicted octanol–water partition coefficient (Wildman–Crippen LogP) is 4.27. The molecule has 0 N–H and O–H groups in total. The van der Waals surface area contributed by atoms with Crippen LogP contribution in [0.2, 0.25) is 0 Å². The van der Waals surface area contributed by atoms with Crippen molar-refractivity contribution >= 4 is 0 Å². The molecule has 2 aliphatic heterocycles. The van der Waals surface area contributed by atoms with Crippen LogP contribution in [0.4, 0.5) is 4.39 Å². The highest BCUT2D eigenvalue weighted by atomic mass is 19.1. The first-order valence-electron chi connectivity index (χ1n) is 9.16. The largest absolute Gasteiger partial charge is 0.368 e. The summed E-state index contributed by atoms with van der Waals surface area (Å²) in [5.41, 5.74) is 0.541. The van der Waals surface area contributed by atoms with Crippen LogP contribution in [0, 0.1) is 17.7 Å². The quantitative estimate of drug-likeness (QED) is 0.766. The number of halogens is 1. The van der Waals surface area contributed by atoms with Crippen molar-refractivity contribution in [2.45, 2.75) is 78.0 Å². The minimum absolute atomic E-state index is 0.113. The van der Waals surface area contributed by atoms with E-state index in [9.17, 15) is 4.39 Å². The molecule has 1 aromatic rings. The lowest BCUT2D eigenvalue weighted by Gasteiger charge is -2.31. The zero-order valence-electron chi connectivity index (χ0n) is 15.7. The number of hydrogen-bond acceptors (Lipinski definition) is 4. The molecule has 0 spiro atoms. The molecule has 0 radical (unpaired) electrons. The molecule has 2 heterocycles. The summed E-state index contributed by atoms with van der Waals surface area (Å²) in [6.07, 6.45) is -0.254. The topological polar surface area (TPSA) is 36.9 Å². The molecule has 0 bridgehead atoms. The molecule has 0 amide bonds. The third-order valence-corrected chi connectivity index (χ3v) is 5.13. The molecule has 1 aromatic carbocycles. The zero-order valence-corrected chi connectivity index (χ0v) is 15.7. The number of benzene rings is 1. The lowest BCUT2D eigenvalue weighted by molar-refractivity contribution is -0.248. The van der Waals surface area contributed by atoms with E-state index in [1.807, 2.05) is 13.0 Å². The van der Waals surface area contributed by atoms with Crippen molar-refractivity contribution < 1.29 is 23.3 Å². The van der Waals surface area contributed by atoms with Crippen molar-refractivity contribution in [1.29, 1.82) is 0 Å². The number of ether oxygens (including phenoxy) is 4. The molecule has 3 rings (SSSR count). The monoisotopic (exact) mass is 352 g/mol. The second kappa shape index (κ2) is 7.31. The maximum absolute atomic E-state index is 13.9. The Morgan fingerprint density at radius 2 is 1.88 bits per heavy atom. The maximum atomic E-state index is 13.9. The highest BCUT2D eigenvalue weighted by molar-refractivity contribution is 5.16. The Hall–Kier alpha value is -1.01. The van der Waals surface area contributed by atoms with Gasteiger partial charge in [-0.2, -0.15) is 0 Å². The van der Waals surface area contributed by atoms with Gasteiger partial charge < -0.3 is 18.9 Å². The van der Waals surface area contributed by atoms with E-state index in [0.29, 0.717) is 11.5 Å². The average molecular weight is 352 g/mol. The summed E-state index contributed by atoms with van der Waals surface area (Å²) in [4.78, 5) is 0. The van der Waals surface area contributed by atoms with Crippen LogP contribution in [-0.2, 0) is 25.6 Å². The predicted molar refractivity (Wildman–Crippen MR) is 92.3 cm³/mol. The molecule has 0 saturated carbocycles. The van der Waals surface area contributed by atoms with Crippen molar-refractivity contribution in [2.75, 3.05) is 0 Å². The molecule has 4 nitrogen and oxygen atoms in total. The van der Waals surface area contributed by atoms with Crippen molar-refractivity contribution in [1.82, 2.24) is 0 Å². The van der Waals surface area contributed by atoms with Crippen LogP contribution < -0.4 is 0 Å². The third kappa shape index (κ3) is 3.90. The average Bonchev–Trinajstić information content (AvgIpc) is 3.00. The number of rotatable bonds is 6. The molecule has 0 aliphatic carbocycles. The zero-order chi connectivity index (χ0) is 18.2. The third-order valence-electron chi connectivity index (χ3n) is 5.13. The normalized spacial score (nSPS) is 34.9. The van der Waals surface area contributed by atoms with E-state index >= 15 is 0 Å². The van der Waals surface area contributed by atoms with Gasteiger partial charge in [-0.05, 0) is 25.3 Å². The Morgan fingerprint density at radius 3 is 2.52 bits per heavy atom. The van der Waals surface area contributed by atoms with E-state index < -0.39 is 12.1 Å². The molecule has 5 heteroatoms. The minimum Gasteiger partial charge on any atom is -0.368 e. The van der Waals surface area contributed by atoms with Crippen LogP contribution in [0.25, 0.3) is 0 Å². The Kier molecular flexibility index (Phi) is 5.49. The number of fused-ring (bicyclic) bond motifs is 1. The smallest absolute Gasteiger partial charge is 0.190 e. The first kappa shape index (κ1) is 18.8. The first-order chi connectivity index (χ1) is 11.8. The fourth-order valence-corrected chi connectivity index (χ4v) is 3.37. The summed E-state index contributed by atoms with van der Waals surface area (Å²) in [5.74, 6) is -0.288. The van der Waals surface area contributed by atoms with Gasteiger partial charge in [-0.3, -0.25) is 0 Å². The molecule has 140 valence electrons. The molecule has 2 fully saturated rings. The summed E-state index contributed by atoms with van der Waals surface area (Å²) in [5, 5.41) is 0. The van der Waals surface area contributed by atoms with Crippen LogP contribution in [-0.4, -0.2) is 30.4 Å². The second-order valence-electron chi connectivity index (χ2n) is 7.91. The van der Waals surface area contributed by atoms with Gasteiger partial charge in [0.15, 0.2) is 12.1 Å². The van der Waals surface area contributed by atoms with Crippen LogP contribution in [0.1, 0.15) is 46.6 Å². The van der Waals surface area contributed by atoms with Gasteiger partial charge in [0, 0.05) is 11.5 Å². The summed E-state index contributed by atoms with van der Waals surface area (Å²) in [7, 11) is 0. The van der Waals surface area contributed by atoms with Crippen molar-refractivity contribution in [2.24, 2.45) is 11.8 Å². The van der Waals surface area contributed by atoms with Crippen LogP contribution >= 0.6 is 0 Å². The second-order valence-corrected chi connectivity index (χ2v) is 7.91. The van der Waals surface area contributed by atoms with E-state index in [4.69, 9.17) is 18.9 Å². The molecule has 0 aromatic heterocycles. The highest BCUT2D eigenvalue weighted by Gasteiger charge is 2.57. The van der Waals surface area contributed by atoms with Crippen molar-refractivity contribution in [3.63, 3.8) is 0 Å². The van der Waals surface area contributed by atoms with Gasteiger partial charge in [0.1, 0.15) is 18.0 Å². The summed E-state index contributed by atoms with van der Waals surface area (Å²) in [6.45, 7) is 10.5. The molecule has 2 saturated heterocycles. The highest BCUT2D eigenvalue weighted by Crippen LogP contribution is 2.43. The van der Waals surface area contributed by atoms with Crippen LogP contribution in [0.3, 0.4) is 0 Å². The fraction of sp³-hybridized carbons (Fsp3) is 0.700. The molecule has 1 unspecified atom stereocenters. The summed E-state index contributed by atoms with van der Waals surface area (Å²) >= 11 is 0. The van der Waals surface area contributed by atoms with E-state index in [0.717, 1.165) is 6.42 Å². The standard InChI is InChI=1S/C20H29FO4/c1-12(2)10-16-17(22-11-14-8-6-7-9-15(14)21)18-19(23-16)25-20(5,24-18)13(3)4/h6-9,12-13,16-19H,10-11H2,1-5H3/t16-,17+,18-,19-,20?/m1/s1. The Labute approximate surface area is 149 Å². The van der Waals surface area contributed by atoms with Gasteiger partial charge in [-0.15, -0.1) is 0 Å². The molecule has 25 heavy (non-hydrogen) atoms. The summed E-state index contributed by atoms with van der Waals surface area (Å²) < 4.78 is 38.4. The Balaban J connectivity index is 1.73. The van der Waals surface area contributed by atoms with Gasteiger partial charge in [-0.1, -0.05) is 45.9 Å². The van der Waals surface area contributed by atoms with Gasteiger partial charge in [-0.25, -0.2) is 4.39 Å². The minimum atomic E-state index is -0.683. The summed E-state index contributed by atoms with van der Waals surface area (Å²) in [6, 6.07) is 6.68. The van der Waals surface area contributed by atoms with Crippen molar-refractivity contribution in [3.8, 4) is 0 Å². The van der Waals surface area contributed by atoms with Gasteiger partial charge in [0.25, 0.3) is 0 Å². The van der Waals surface area contributed by atoms with E-state index in [-0.39, 0.29) is 36.7 Å². The molecular weight excluding hydrogens is 323 g/mol. The van der Waals surface area contributed by atoms with Crippen LogP contribution in [0.15, 0.2) is 24.3 Å². The van der Waals surface area contributed by atoms with Crippen LogP contribution in [0.5, 0.6) is 0 Å². The fourth-order valence-electron chi connectivity index (χ4n) is 3.37. The Morgan fingerprint density at radius 1 is 1.16 bits per heavy atom. The van der Waals surface area contributed by atoms with E-state index in [1.165, 1.54) is 6.07 Å². The van der Waals surface area contributed by atoms with Crippen molar-refractivity contribution in [3.05, 3.63) is 35.6 Å². The van der Waals surface area contributed by atoms with Gasteiger partial charge in [0.2, 0.25) is 0 Å². The SMILES string of the molecule is CC(C)C[C@H]1O[C@@H]2OC(C)(C(C)C)O[C@@H]2[C@H]1OCc1ccccc1F. The lowest BCUT2D eigenvalue weighted by atomic mass is 10.00. The molecule has 5 atom stereocenters. The van der Waals surface area contributed by atoms with E-state index in [2.05, 4.69) is 27.7 Å². The van der Waals surface area contributed by atoms with E-state index in [1.54, 1.807) is 12.1 Å². The lowest BCUT2D eigenvalue weighted by Crippen LogP contribution is -2.40. The Bertz CT molecular complexity index is 591. The maximum Gasteiger partial charge on any atom is 0.190 e. The number of hydrogen-bond donors (Lipinski definition) is 0. The van der Waals surface area contributed by atoms with Gasteiger partial charge in [0.05, 0.1) is 12.7 Å². The first-order valence-corrected chi connectivity index (χ1v) is 9.16. The van der Waals surface area contributed by atoms with Gasteiger partial charge >= 0.3 is 0 Å². The molecule has 2 aliphatic rings.